The van der Waals surface area contributed by atoms with Crippen LogP contribution in [-0.4, -0.2) is 22.9 Å². The van der Waals surface area contributed by atoms with Gasteiger partial charge in [-0.2, -0.15) is 0 Å². The average Bonchev–Trinajstić information content (AvgIpc) is 2.49. The van der Waals surface area contributed by atoms with Crippen molar-refractivity contribution in [1.29, 1.82) is 0 Å². The number of benzene rings is 1. The van der Waals surface area contributed by atoms with E-state index in [0.29, 0.717) is 24.2 Å². The largest absolute Gasteiger partial charge is 0.481 e. The van der Waals surface area contributed by atoms with Crippen LogP contribution in [0.3, 0.4) is 0 Å². The van der Waals surface area contributed by atoms with E-state index in [2.05, 4.69) is 10.6 Å². The Morgan fingerprint density at radius 3 is 2.08 bits per heavy atom. The molecule has 0 fully saturated rings. The van der Waals surface area contributed by atoms with Gasteiger partial charge >= 0.3 is 5.97 Å². The number of hydrogen-bond acceptors (Lipinski definition) is 3. The summed E-state index contributed by atoms with van der Waals surface area (Å²) in [5.41, 5.74) is 3.21. The summed E-state index contributed by atoms with van der Waals surface area (Å²) >= 11 is 0. The van der Waals surface area contributed by atoms with Gasteiger partial charge in [-0.05, 0) is 44.9 Å². The first-order valence-electron chi connectivity index (χ1n) is 7.84. The zero-order valence-corrected chi connectivity index (χ0v) is 14.1. The van der Waals surface area contributed by atoms with E-state index in [4.69, 9.17) is 0 Å². The number of nitrogens with one attached hydrogen (secondary N) is 2. The lowest BCUT2D eigenvalue weighted by molar-refractivity contribution is -0.146. The van der Waals surface area contributed by atoms with Gasteiger partial charge in [0.25, 0.3) is 0 Å². The van der Waals surface area contributed by atoms with E-state index in [0.717, 1.165) is 11.1 Å². The molecule has 0 spiro atoms. The third-order valence-electron chi connectivity index (χ3n) is 4.37. The van der Waals surface area contributed by atoms with Crippen LogP contribution in [0.5, 0.6) is 0 Å². The van der Waals surface area contributed by atoms with E-state index in [1.165, 1.54) is 6.92 Å². The molecule has 1 aliphatic carbocycles. The van der Waals surface area contributed by atoms with E-state index in [9.17, 15) is 19.5 Å². The molecule has 3 N–H and O–H groups in total. The Morgan fingerprint density at radius 2 is 1.54 bits per heavy atom. The minimum atomic E-state index is -0.950. The molecule has 0 saturated carbocycles. The Kier molecular flexibility index (Phi) is 5.39. The zero-order valence-electron chi connectivity index (χ0n) is 14.1. The molecule has 6 heteroatoms. The molecule has 2 atom stereocenters. The van der Waals surface area contributed by atoms with E-state index in [1.54, 1.807) is 24.3 Å². The molecule has 1 aromatic carbocycles. The molecule has 24 heavy (non-hydrogen) atoms. The molecular formula is C18H22N2O4. The molecule has 2 amide bonds. The number of carboxylic acid groups (broad SMARTS) is 1. The second kappa shape index (κ2) is 7.29. The van der Waals surface area contributed by atoms with Gasteiger partial charge in [0.2, 0.25) is 11.8 Å². The Morgan fingerprint density at radius 1 is 1.00 bits per heavy atom. The molecule has 0 radical (unpaired) electrons. The Hall–Kier alpha value is -2.63. The van der Waals surface area contributed by atoms with Gasteiger partial charge in [-0.25, -0.2) is 0 Å². The number of carbonyl (C=O) groups excluding carboxylic acids is 2. The lowest BCUT2D eigenvalue weighted by Gasteiger charge is -2.29. The molecule has 0 aliphatic heterocycles. The normalized spacial score (nSPS) is 20.5. The fraction of sp³-hybridized carbons (Fsp3) is 0.389. The van der Waals surface area contributed by atoms with Crippen molar-refractivity contribution in [1.82, 2.24) is 0 Å². The van der Waals surface area contributed by atoms with Crippen molar-refractivity contribution >= 4 is 29.2 Å². The molecule has 0 saturated heterocycles. The number of carbonyl (C=O) groups is 3. The molecule has 6 nitrogen and oxygen atoms in total. The first-order valence-corrected chi connectivity index (χ1v) is 7.84. The van der Waals surface area contributed by atoms with E-state index >= 15 is 0 Å². The Labute approximate surface area is 140 Å². The van der Waals surface area contributed by atoms with Gasteiger partial charge in [-0.15, -0.1) is 0 Å². The van der Waals surface area contributed by atoms with Crippen molar-refractivity contribution < 1.29 is 19.5 Å². The second-order valence-corrected chi connectivity index (χ2v) is 6.27. The third-order valence-corrected chi connectivity index (χ3v) is 4.37. The quantitative estimate of drug-likeness (QED) is 0.739. The summed E-state index contributed by atoms with van der Waals surface area (Å²) in [6, 6.07) is 6.78. The summed E-state index contributed by atoms with van der Waals surface area (Å²) in [7, 11) is 0. The average molecular weight is 330 g/mol. The van der Waals surface area contributed by atoms with Gasteiger partial charge in [-0.3, -0.25) is 14.4 Å². The fourth-order valence-electron chi connectivity index (χ4n) is 2.94. The summed E-state index contributed by atoms with van der Waals surface area (Å²) in [5.74, 6) is -2.78. The van der Waals surface area contributed by atoms with Crippen LogP contribution in [0.4, 0.5) is 11.4 Å². The number of aliphatic carboxylic acids is 1. The fourth-order valence-corrected chi connectivity index (χ4v) is 2.94. The van der Waals surface area contributed by atoms with Crippen LogP contribution in [-0.2, 0) is 14.4 Å². The zero-order chi connectivity index (χ0) is 17.9. The standard InChI is InChI=1S/C18H22N2O4/c1-10-7-15(16(18(23)24)8-11(10)2)17(22)20-14-6-4-5-13(9-14)19-12(3)21/h4-6,9,15-16H,7-8H2,1-3H3,(H,19,21)(H,20,22)(H,23,24)/t15-,16+/m0/s1. The molecule has 2 rings (SSSR count). The lowest BCUT2D eigenvalue weighted by atomic mass is 9.76. The molecule has 128 valence electrons. The summed E-state index contributed by atoms with van der Waals surface area (Å²) in [6.07, 6.45) is 0.838. The predicted molar refractivity (Wildman–Crippen MR) is 91.6 cm³/mol. The molecule has 0 unspecified atom stereocenters. The highest BCUT2D eigenvalue weighted by Gasteiger charge is 2.37. The van der Waals surface area contributed by atoms with Crippen molar-refractivity contribution in [2.24, 2.45) is 11.8 Å². The molecule has 1 aromatic rings. The van der Waals surface area contributed by atoms with Crippen LogP contribution in [0, 0.1) is 11.8 Å². The highest BCUT2D eigenvalue weighted by Crippen LogP contribution is 2.35. The number of carboxylic acids is 1. The number of rotatable bonds is 4. The van der Waals surface area contributed by atoms with Crippen LogP contribution in [0.15, 0.2) is 35.4 Å². The molecule has 0 aromatic heterocycles. The second-order valence-electron chi connectivity index (χ2n) is 6.27. The number of anilines is 2. The van der Waals surface area contributed by atoms with E-state index < -0.39 is 17.8 Å². The topological polar surface area (TPSA) is 95.5 Å². The van der Waals surface area contributed by atoms with E-state index in [1.807, 2.05) is 13.8 Å². The number of hydrogen-bond donors (Lipinski definition) is 3. The minimum Gasteiger partial charge on any atom is -0.481 e. The summed E-state index contributed by atoms with van der Waals surface area (Å²) in [4.78, 5) is 35.2. The summed E-state index contributed by atoms with van der Waals surface area (Å²) < 4.78 is 0. The van der Waals surface area contributed by atoms with Crippen molar-refractivity contribution in [3.05, 3.63) is 35.4 Å². The first-order chi connectivity index (χ1) is 11.3. The van der Waals surface area contributed by atoms with Crippen molar-refractivity contribution in [3.63, 3.8) is 0 Å². The maximum Gasteiger partial charge on any atom is 0.307 e. The first kappa shape index (κ1) is 17.7. The highest BCUT2D eigenvalue weighted by atomic mass is 16.4. The predicted octanol–water partition coefficient (Wildman–Crippen LogP) is 3.03. The van der Waals surface area contributed by atoms with Crippen LogP contribution >= 0.6 is 0 Å². The molecule has 1 aliphatic rings. The van der Waals surface area contributed by atoms with Gasteiger partial charge in [-0.1, -0.05) is 17.2 Å². The smallest absolute Gasteiger partial charge is 0.307 e. The van der Waals surface area contributed by atoms with Crippen LogP contribution in [0.25, 0.3) is 0 Å². The van der Waals surface area contributed by atoms with Crippen molar-refractivity contribution in [2.75, 3.05) is 10.6 Å². The van der Waals surface area contributed by atoms with E-state index in [-0.39, 0.29) is 11.8 Å². The SMILES string of the molecule is CC(=O)Nc1cccc(NC(=O)[C@H]2CC(C)=C(C)C[C@H]2C(=O)O)c1. The van der Waals surface area contributed by atoms with Gasteiger partial charge in [0, 0.05) is 18.3 Å². The van der Waals surface area contributed by atoms with Crippen molar-refractivity contribution in [2.45, 2.75) is 33.6 Å². The lowest BCUT2D eigenvalue weighted by Crippen LogP contribution is -2.36. The molecular weight excluding hydrogens is 308 g/mol. The third kappa shape index (κ3) is 4.22. The van der Waals surface area contributed by atoms with Gasteiger partial charge in [0.1, 0.15) is 0 Å². The summed E-state index contributed by atoms with van der Waals surface area (Å²) in [5, 5.41) is 14.8. The minimum absolute atomic E-state index is 0.201. The highest BCUT2D eigenvalue weighted by molar-refractivity contribution is 5.96. The van der Waals surface area contributed by atoms with Crippen LogP contribution in [0.2, 0.25) is 0 Å². The van der Waals surface area contributed by atoms with Crippen LogP contribution < -0.4 is 10.6 Å². The monoisotopic (exact) mass is 330 g/mol. The molecule has 0 bridgehead atoms. The number of allylic oxidation sites excluding steroid dienone is 2. The maximum atomic E-state index is 12.6. The van der Waals surface area contributed by atoms with Crippen molar-refractivity contribution in [3.8, 4) is 0 Å². The number of amides is 2. The van der Waals surface area contributed by atoms with Gasteiger partial charge in [0.05, 0.1) is 11.8 Å². The Bertz CT molecular complexity index is 709. The van der Waals surface area contributed by atoms with Gasteiger partial charge in [0.15, 0.2) is 0 Å². The van der Waals surface area contributed by atoms with Gasteiger partial charge < -0.3 is 15.7 Å². The molecule has 0 heterocycles. The Balaban J connectivity index is 2.16. The summed E-state index contributed by atoms with van der Waals surface area (Å²) in [6.45, 7) is 5.25. The van der Waals surface area contributed by atoms with Crippen LogP contribution in [0.1, 0.15) is 33.6 Å². The maximum absolute atomic E-state index is 12.6.